The molecule has 0 amide bonds. The van der Waals surface area contributed by atoms with Crippen LogP contribution in [0, 0.1) is 12.8 Å². The molecule has 2 heteroatoms. The third kappa shape index (κ3) is 3.11. The Morgan fingerprint density at radius 2 is 2.07 bits per heavy atom. The second-order valence-electron chi connectivity index (χ2n) is 4.22. The first-order valence-electron chi connectivity index (χ1n) is 5.20. The Kier molecular flexibility index (Phi) is 4.08. The zero-order chi connectivity index (χ0) is 10.6. The van der Waals surface area contributed by atoms with Gasteiger partial charge in [0.05, 0.1) is 6.10 Å². The lowest BCUT2D eigenvalue weighted by Gasteiger charge is -2.13. The molecule has 0 saturated heterocycles. The molecule has 0 aliphatic heterocycles. The van der Waals surface area contributed by atoms with Gasteiger partial charge in [-0.25, -0.2) is 0 Å². The summed E-state index contributed by atoms with van der Waals surface area (Å²) in [6.07, 6.45) is 5.04. The van der Waals surface area contributed by atoms with Gasteiger partial charge in [-0.3, -0.25) is 4.98 Å². The molecule has 2 nitrogen and oxygen atoms in total. The first kappa shape index (κ1) is 11.2. The highest BCUT2D eigenvalue weighted by molar-refractivity contribution is 5.23. The quantitative estimate of drug-likeness (QED) is 0.797. The standard InChI is InChI=1S/C12H19NO/c1-9(2)4-5-12(14)11-8-13-7-6-10(11)3/h6-9,12,14H,4-5H2,1-3H3. The molecule has 1 atom stereocenters. The van der Waals surface area contributed by atoms with E-state index in [-0.39, 0.29) is 6.10 Å². The second-order valence-corrected chi connectivity index (χ2v) is 4.22. The van der Waals surface area contributed by atoms with Gasteiger partial charge in [-0.05, 0) is 37.3 Å². The Bertz CT molecular complexity index is 283. The third-order valence-corrected chi connectivity index (χ3v) is 2.46. The van der Waals surface area contributed by atoms with Crippen LogP contribution >= 0.6 is 0 Å². The van der Waals surface area contributed by atoms with Crippen molar-refractivity contribution in [2.75, 3.05) is 0 Å². The molecule has 78 valence electrons. The number of pyridine rings is 1. The summed E-state index contributed by atoms with van der Waals surface area (Å²) in [5.74, 6) is 0.640. The minimum atomic E-state index is -0.355. The monoisotopic (exact) mass is 193 g/mol. The maximum absolute atomic E-state index is 9.91. The van der Waals surface area contributed by atoms with Gasteiger partial charge in [-0.2, -0.15) is 0 Å². The van der Waals surface area contributed by atoms with Crippen molar-refractivity contribution in [3.8, 4) is 0 Å². The van der Waals surface area contributed by atoms with Crippen molar-refractivity contribution in [1.82, 2.24) is 4.98 Å². The van der Waals surface area contributed by atoms with E-state index in [1.807, 2.05) is 13.0 Å². The molecule has 1 aromatic heterocycles. The first-order chi connectivity index (χ1) is 6.61. The fraction of sp³-hybridized carbons (Fsp3) is 0.583. The number of aromatic nitrogens is 1. The molecule has 0 fully saturated rings. The summed E-state index contributed by atoms with van der Waals surface area (Å²) in [4.78, 5) is 4.03. The van der Waals surface area contributed by atoms with Crippen molar-refractivity contribution in [3.05, 3.63) is 29.6 Å². The van der Waals surface area contributed by atoms with Gasteiger partial charge < -0.3 is 5.11 Å². The first-order valence-corrected chi connectivity index (χ1v) is 5.20. The maximum Gasteiger partial charge on any atom is 0.0807 e. The Labute approximate surface area is 86.0 Å². The van der Waals surface area contributed by atoms with Crippen molar-refractivity contribution in [2.24, 2.45) is 5.92 Å². The van der Waals surface area contributed by atoms with E-state index in [4.69, 9.17) is 0 Å². The number of hydrogen-bond acceptors (Lipinski definition) is 2. The third-order valence-electron chi connectivity index (χ3n) is 2.46. The molecule has 0 bridgehead atoms. The van der Waals surface area contributed by atoms with E-state index in [9.17, 15) is 5.11 Å². The van der Waals surface area contributed by atoms with Crippen LogP contribution in [-0.2, 0) is 0 Å². The molecule has 0 saturated carbocycles. The van der Waals surface area contributed by atoms with E-state index >= 15 is 0 Å². The predicted molar refractivity (Wildman–Crippen MR) is 58.0 cm³/mol. The Hall–Kier alpha value is -0.890. The molecular weight excluding hydrogens is 174 g/mol. The average Bonchev–Trinajstić information content (AvgIpc) is 2.15. The van der Waals surface area contributed by atoms with E-state index in [2.05, 4.69) is 18.8 Å². The van der Waals surface area contributed by atoms with Crippen molar-refractivity contribution >= 4 is 0 Å². The lowest BCUT2D eigenvalue weighted by atomic mass is 9.98. The summed E-state index contributed by atoms with van der Waals surface area (Å²) in [5.41, 5.74) is 2.09. The lowest BCUT2D eigenvalue weighted by molar-refractivity contribution is 0.158. The van der Waals surface area contributed by atoms with Crippen LogP contribution in [0.25, 0.3) is 0 Å². The van der Waals surface area contributed by atoms with Crippen molar-refractivity contribution in [1.29, 1.82) is 0 Å². The Morgan fingerprint density at radius 3 is 2.64 bits per heavy atom. The number of aliphatic hydroxyl groups excluding tert-OH is 1. The summed E-state index contributed by atoms with van der Waals surface area (Å²) in [5, 5.41) is 9.91. The van der Waals surface area contributed by atoms with E-state index in [1.165, 1.54) is 0 Å². The van der Waals surface area contributed by atoms with Crippen LogP contribution in [0.1, 0.15) is 43.9 Å². The zero-order valence-corrected chi connectivity index (χ0v) is 9.20. The highest BCUT2D eigenvalue weighted by atomic mass is 16.3. The number of hydrogen-bond donors (Lipinski definition) is 1. The Morgan fingerprint density at radius 1 is 1.36 bits per heavy atom. The number of aliphatic hydroxyl groups is 1. The van der Waals surface area contributed by atoms with Gasteiger partial charge in [0.1, 0.15) is 0 Å². The minimum Gasteiger partial charge on any atom is -0.388 e. The number of nitrogens with zero attached hydrogens (tertiary/aromatic N) is 1. The maximum atomic E-state index is 9.91. The molecular formula is C12H19NO. The molecule has 0 aliphatic rings. The summed E-state index contributed by atoms with van der Waals surface area (Å²) < 4.78 is 0. The van der Waals surface area contributed by atoms with Gasteiger partial charge >= 0.3 is 0 Å². The summed E-state index contributed by atoms with van der Waals surface area (Å²) in [6.45, 7) is 6.35. The van der Waals surface area contributed by atoms with Gasteiger partial charge in [-0.15, -0.1) is 0 Å². The van der Waals surface area contributed by atoms with Gasteiger partial charge in [0.2, 0.25) is 0 Å². The molecule has 1 unspecified atom stereocenters. The fourth-order valence-electron chi connectivity index (χ4n) is 1.47. The second kappa shape index (κ2) is 5.11. The van der Waals surface area contributed by atoms with E-state index < -0.39 is 0 Å². The molecule has 0 radical (unpaired) electrons. The van der Waals surface area contributed by atoms with Crippen molar-refractivity contribution in [3.63, 3.8) is 0 Å². The van der Waals surface area contributed by atoms with Gasteiger partial charge in [-0.1, -0.05) is 13.8 Å². The smallest absolute Gasteiger partial charge is 0.0807 e. The van der Waals surface area contributed by atoms with Crippen molar-refractivity contribution in [2.45, 2.75) is 39.7 Å². The van der Waals surface area contributed by atoms with Crippen molar-refractivity contribution < 1.29 is 5.11 Å². The Balaban J connectivity index is 2.60. The topological polar surface area (TPSA) is 33.1 Å². The van der Waals surface area contributed by atoms with E-state index in [0.717, 1.165) is 24.0 Å². The molecule has 0 aromatic carbocycles. The van der Waals surface area contributed by atoms with Crippen LogP contribution in [-0.4, -0.2) is 10.1 Å². The molecule has 1 rings (SSSR count). The highest BCUT2D eigenvalue weighted by Gasteiger charge is 2.10. The van der Waals surface area contributed by atoms with Crippen LogP contribution in [0.4, 0.5) is 0 Å². The number of rotatable bonds is 4. The lowest BCUT2D eigenvalue weighted by Crippen LogP contribution is -2.02. The minimum absolute atomic E-state index is 0.355. The van der Waals surface area contributed by atoms with E-state index in [0.29, 0.717) is 5.92 Å². The molecule has 1 N–H and O–H groups in total. The summed E-state index contributed by atoms with van der Waals surface area (Å²) in [7, 11) is 0. The van der Waals surface area contributed by atoms with Gasteiger partial charge in [0.15, 0.2) is 0 Å². The fourth-order valence-corrected chi connectivity index (χ4v) is 1.47. The van der Waals surface area contributed by atoms with Crippen LogP contribution in [0.3, 0.4) is 0 Å². The molecule has 1 aromatic rings. The van der Waals surface area contributed by atoms with Gasteiger partial charge in [0.25, 0.3) is 0 Å². The number of aryl methyl sites for hydroxylation is 1. The molecule has 0 aliphatic carbocycles. The van der Waals surface area contributed by atoms with Crippen LogP contribution in [0.15, 0.2) is 18.5 Å². The van der Waals surface area contributed by atoms with Gasteiger partial charge in [0, 0.05) is 18.0 Å². The van der Waals surface area contributed by atoms with Crippen LogP contribution in [0.5, 0.6) is 0 Å². The highest BCUT2D eigenvalue weighted by Crippen LogP contribution is 2.22. The predicted octanol–water partition coefficient (Wildman–Crippen LogP) is 2.86. The van der Waals surface area contributed by atoms with Crippen LogP contribution < -0.4 is 0 Å². The summed E-state index contributed by atoms with van der Waals surface area (Å²) in [6, 6.07) is 1.94. The summed E-state index contributed by atoms with van der Waals surface area (Å²) >= 11 is 0. The van der Waals surface area contributed by atoms with Crippen LogP contribution in [0.2, 0.25) is 0 Å². The average molecular weight is 193 g/mol. The molecule has 14 heavy (non-hydrogen) atoms. The normalized spacial score (nSPS) is 13.2. The molecule has 0 spiro atoms. The van der Waals surface area contributed by atoms with E-state index in [1.54, 1.807) is 12.4 Å². The zero-order valence-electron chi connectivity index (χ0n) is 9.20. The SMILES string of the molecule is Cc1ccncc1C(O)CCC(C)C. The molecule has 1 heterocycles. The largest absolute Gasteiger partial charge is 0.388 e.